The smallest absolute Gasteiger partial charge is 0.193 e. The Labute approximate surface area is 221 Å². The maximum atomic E-state index is 12.9. The number of nitrogens with zero attached hydrogens (tertiary/aromatic N) is 2. The number of likely N-dealkylation sites (tertiary alicyclic amines) is 1. The molecule has 1 spiro atoms. The van der Waals surface area contributed by atoms with Crippen molar-refractivity contribution in [1.82, 2.24) is 9.88 Å². The maximum Gasteiger partial charge on any atom is 0.193 e. The Bertz CT molecular complexity index is 1510. The number of anilines is 1. The van der Waals surface area contributed by atoms with Crippen LogP contribution in [0.2, 0.25) is 0 Å². The minimum atomic E-state index is -0.979. The SMILES string of the molecule is CCCN=C(N)Nc1ccc2c3c([nH]c2c1)[C@@H]1Oc2c(O)ccc4c2[C@@]12CCN(CC1CC1)C(C4)[C@]2(O)C3. The largest absolute Gasteiger partial charge is 0.504 e. The van der Waals surface area contributed by atoms with Gasteiger partial charge in [0.1, 0.15) is 0 Å². The summed E-state index contributed by atoms with van der Waals surface area (Å²) in [5.41, 5.74) is 10.8. The molecule has 198 valence electrons. The molecule has 0 radical (unpaired) electrons. The summed E-state index contributed by atoms with van der Waals surface area (Å²) in [6, 6.07) is 10.0. The van der Waals surface area contributed by atoms with E-state index in [1.165, 1.54) is 18.4 Å². The number of benzene rings is 2. The van der Waals surface area contributed by atoms with Gasteiger partial charge in [0.2, 0.25) is 0 Å². The lowest BCUT2D eigenvalue weighted by Gasteiger charge is -2.62. The van der Waals surface area contributed by atoms with E-state index in [2.05, 4.69) is 45.3 Å². The minimum Gasteiger partial charge on any atom is -0.504 e. The number of piperidine rings is 1. The van der Waals surface area contributed by atoms with E-state index in [-0.39, 0.29) is 17.9 Å². The van der Waals surface area contributed by atoms with Gasteiger partial charge in [-0.3, -0.25) is 9.89 Å². The number of hydrogen-bond donors (Lipinski definition) is 5. The predicted molar refractivity (Wildman–Crippen MR) is 147 cm³/mol. The Hall–Kier alpha value is -3.23. The van der Waals surface area contributed by atoms with Gasteiger partial charge in [-0.25, -0.2) is 0 Å². The van der Waals surface area contributed by atoms with Crippen LogP contribution in [0.5, 0.6) is 11.5 Å². The van der Waals surface area contributed by atoms with Crippen molar-refractivity contribution < 1.29 is 14.9 Å². The van der Waals surface area contributed by atoms with Crippen LogP contribution in [-0.4, -0.2) is 57.3 Å². The van der Waals surface area contributed by atoms with Crippen LogP contribution in [0.3, 0.4) is 0 Å². The maximum absolute atomic E-state index is 12.9. The molecule has 38 heavy (non-hydrogen) atoms. The van der Waals surface area contributed by atoms with Gasteiger partial charge in [0, 0.05) is 47.7 Å². The number of aliphatic hydroxyl groups is 1. The van der Waals surface area contributed by atoms with Gasteiger partial charge < -0.3 is 31.0 Å². The molecule has 1 aromatic heterocycles. The number of fused-ring (bicyclic) bond motifs is 4. The van der Waals surface area contributed by atoms with E-state index >= 15 is 0 Å². The second-order valence-corrected chi connectivity index (χ2v) is 12.1. The number of nitrogens with one attached hydrogen (secondary N) is 2. The van der Waals surface area contributed by atoms with Crippen LogP contribution in [0.15, 0.2) is 35.3 Å². The Morgan fingerprint density at radius 1 is 1.29 bits per heavy atom. The second-order valence-electron chi connectivity index (χ2n) is 12.1. The molecule has 3 heterocycles. The normalized spacial score (nSPS) is 31.2. The highest BCUT2D eigenvalue weighted by molar-refractivity contribution is 5.96. The zero-order valence-electron chi connectivity index (χ0n) is 21.8. The summed E-state index contributed by atoms with van der Waals surface area (Å²) in [5, 5.41) is 28.1. The van der Waals surface area contributed by atoms with Crippen molar-refractivity contribution in [3.05, 3.63) is 52.7 Å². The topological polar surface area (TPSA) is 119 Å². The van der Waals surface area contributed by atoms with Gasteiger partial charge in [-0.2, -0.15) is 0 Å². The summed E-state index contributed by atoms with van der Waals surface area (Å²) in [4.78, 5) is 10.6. The molecule has 6 N–H and O–H groups in total. The third-order valence-electron chi connectivity index (χ3n) is 9.94. The van der Waals surface area contributed by atoms with Crippen molar-refractivity contribution in [3.8, 4) is 11.5 Å². The van der Waals surface area contributed by atoms with Crippen molar-refractivity contribution in [2.45, 2.75) is 68.6 Å². The Kier molecular flexibility index (Phi) is 4.59. The first-order valence-electron chi connectivity index (χ1n) is 14.1. The van der Waals surface area contributed by atoms with Crippen LogP contribution in [0.1, 0.15) is 61.1 Å². The monoisotopic (exact) mass is 513 g/mol. The number of ether oxygens (including phenoxy) is 1. The fraction of sp³-hybridized carbons (Fsp3) is 0.500. The molecule has 2 fully saturated rings. The molecule has 2 bridgehead atoms. The molecule has 8 nitrogen and oxygen atoms in total. The number of aromatic amines is 1. The van der Waals surface area contributed by atoms with Gasteiger partial charge in [-0.1, -0.05) is 19.1 Å². The summed E-state index contributed by atoms with van der Waals surface area (Å²) in [7, 11) is 0. The number of aromatic hydroxyl groups is 1. The predicted octanol–water partition coefficient (Wildman–Crippen LogP) is 3.71. The third-order valence-corrected chi connectivity index (χ3v) is 9.94. The number of H-pyrrole nitrogens is 1. The molecule has 3 aliphatic carbocycles. The van der Waals surface area contributed by atoms with E-state index in [0.717, 1.165) is 71.7 Å². The number of rotatable bonds is 5. The number of phenols is 1. The molecule has 1 unspecified atom stereocenters. The van der Waals surface area contributed by atoms with Crippen LogP contribution in [0.4, 0.5) is 5.69 Å². The second kappa shape index (κ2) is 7.67. The Morgan fingerprint density at radius 3 is 2.97 bits per heavy atom. The molecule has 2 aromatic carbocycles. The molecule has 5 aliphatic rings. The van der Waals surface area contributed by atoms with Crippen LogP contribution in [0.25, 0.3) is 10.9 Å². The van der Waals surface area contributed by atoms with E-state index in [0.29, 0.717) is 24.7 Å². The highest BCUT2D eigenvalue weighted by Gasteiger charge is 2.72. The van der Waals surface area contributed by atoms with Crippen molar-refractivity contribution in [3.63, 3.8) is 0 Å². The summed E-state index contributed by atoms with van der Waals surface area (Å²) in [6.07, 6.45) is 5.32. The highest BCUT2D eigenvalue weighted by atomic mass is 16.5. The summed E-state index contributed by atoms with van der Waals surface area (Å²) >= 11 is 0. The summed E-state index contributed by atoms with van der Waals surface area (Å²) in [6.45, 7) is 4.76. The average Bonchev–Trinajstić information content (AvgIpc) is 3.54. The number of phenolic OH excluding ortho intramolecular Hbond substituents is 1. The van der Waals surface area contributed by atoms with Gasteiger partial charge in [0.25, 0.3) is 0 Å². The zero-order valence-corrected chi connectivity index (χ0v) is 21.8. The van der Waals surface area contributed by atoms with Crippen molar-refractivity contribution in [2.24, 2.45) is 16.6 Å². The standard InChI is InChI=1S/C30H35N5O3/c1-2-10-32-28(31)33-18-6-7-19-20-14-30(37)23-12-17-5-8-22(36)26-24(17)29(30,9-11-35(23)15-16-3-4-16)27(38-26)25(20)34-21(19)13-18/h5-8,13,16,23,27,34,36-37H,2-4,9-12,14-15H2,1H3,(H3,31,32,33)/t23?,27-,29-,30+/m0/s1. The van der Waals surface area contributed by atoms with Gasteiger partial charge in [0.15, 0.2) is 23.6 Å². The van der Waals surface area contributed by atoms with E-state index in [1.807, 2.05) is 6.07 Å². The van der Waals surface area contributed by atoms with Crippen molar-refractivity contribution >= 4 is 22.5 Å². The number of hydrogen-bond acceptors (Lipinski definition) is 5. The number of guanidine groups is 1. The third kappa shape index (κ3) is 2.85. The fourth-order valence-electron chi connectivity index (χ4n) is 8.13. The number of aliphatic imine (C=N–C) groups is 1. The number of nitrogens with two attached hydrogens (primary N) is 1. The van der Waals surface area contributed by atoms with Gasteiger partial charge in [-0.05, 0) is 73.9 Å². The molecule has 2 aliphatic heterocycles. The highest BCUT2D eigenvalue weighted by Crippen LogP contribution is 2.69. The van der Waals surface area contributed by atoms with Crippen molar-refractivity contribution in [1.29, 1.82) is 0 Å². The number of aromatic nitrogens is 1. The van der Waals surface area contributed by atoms with Gasteiger partial charge >= 0.3 is 0 Å². The summed E-state index contributed by atoms with van der Waals surface area (Å²) in [5.74, 6) is 1.89. The minimum absolute atomic E-state index is 0.0274. The lowest BCUT2D eigenvalue weighted by atomic mass is 9.49. The first kappa shape index (κ1) is 22.7. The molecule has 4 atom stereocenters. The van der Waals surface area contributed by atoms with E-state index < -0.39 is 11.0 Å². The molecular weight excluding hydrogens is 478 g/mol. The molecular formula is C30H35N5O3. The van der Waals surface area contributed by atoms with Crippen LogP contribution < -0.4 is 15.8 Å². The first-order chi connectivity index (χ1) is 18.4. The lowest BCUT2D eigenvalue weighted by molar-refractivity contribution is -0.173. The first-order valence-corrected chi connectivity index (χ1v) is 14.1. The van der Waals surface area contributed by atoms with E-state index in [9.17, 15) is 10.2 Å². The van der Waals surface area contributed by atoms with E-state index in [1.54, 1.807) is 6.07 Å². The molecule has 3 aromatic rings. The van der Waals surface area contributed by atoms with Crippen LogP contribution >= 0.6 is 0 Å². The lowest BCUT2D eigenvalue weighted by Crippen LogP contribution is -2.74. The zero-order chi connectivity index (χ0) is 25.8. The Morgan fingerprint density at radius 2 is 2.16 bits per heavy atom. The quantitative estimate of drug-likeness (QED) is 0.262. The van der Waals surface area contributed by atoms with Crippen LogP contribution in [-0.2, 0) is 18.3 Å². The summed E-state index contributed by atoms with van der Waals surface area (Å²) < 4.78 is 6.68. The molecule has 8 heteroatoms. The molecule has 0 amide bonds. The Balaban J connectivity index is 1.28. The van der Waals surface area contributed by atoms with Gasteiger partial charge in [0.05, 0.1) is 16.7 Å². The van der Waals surface area contributed by atoms with Gasteiger partial charge in [-0.15, -0.1) is 0 Å². The fourth-order valence-corrected chi connectivity index (χ4v) is 8.13. The van der Waals surface area contributed by atoms with Crippen molar-refractivity contribution in [2.75, 3.05) is 25.0 Å². The molecule has 1 saturated heterocycles. The van der Waals surface area contributed by atoms with E-state index in [4.69, 9.17) is 10.5 Å². The average molecular weight is 514 g/mol. The molecule has 8 rings (SSSR count). The van der Waals surface area contributed by atoms with Crippen LogP contribution in [0, 0.1) is 5.92 Å². The molecule has 1 saturated carbocycles.